The summed E-state index contributed by atoms with van der Waals surface area (Å²) in [7, 11) is 5.92. The van der Waals surface area contributed by atoms with Gasteiger partial charge in [0.25, 0.3) is 0 Å². The van der Waals surface area contributed by atoms with Gasteiger partial charge >= 0.3 is 0 Å². The number of rotatable bonds is 6. The molecule has 0 atom stereocenters. The Kier molecular flexibility index (Phi) is 9.20. The summed E-state index contributed by atoms with van der Waals surface area (Å²) >= 11 is 0. The van der Waals surface area contributed by atoms with E-state index in [1.165, 1.54) is 11.1 Å². The number of aromatic nitrogens is 2. The number of piperazine rings is 1. The fourth-order valence-corrected chi connectivity index (χ4v) is 3.18. The van der Waals surface area contributed by atoms with E-state index in [-0.39, 0.29) is 24.0 Å². The summed E-state index contributed by atoms with van der Waals surface area (Å²) in [6, 6.07) is 10.9. The molecular formula is C20H32IN7. The predicted molar refractivity (Wildman–Crippen MR) is 125 cm³/mol. The second kappa shape index (κ2) is 11.4. The minimum Gasteiger partial charge on any atom is -0.352 e. The number of nitrogens with zero attached hydrogens (tertiary/aromatic N) is 5. The van der Waals surface area contributed by atoms with Crippen LogP contribution in [0.25, 0.3) is 0 Å². The molecular weight excluding hydrogens is 465 g/mol. The second-order valence-electron chi connectivity index (χ2n) is 7.12. The normalized spacial score (nSPS) is 15.9. The molecule has 0 radical (unpaired) electrons. The maximum absolute atomic E-state index is 4.29. The van der Waals surface area contributed by atoms with E-state index >= 15 is 0 Å². The van der Waals surface area contributed by atoms with Gasteiger partial charge in [-0.3, -0.25) is 14.6 Å². The smallest absolute Gasteiger partial charge is 0.191 e. The number of aryl methyl sites for hydroxylation is 1. The van der Waals surface area contributed by atoms with E-state index in [4.69, 9.17) is 0 Å². The van der Waals surface area contributed by atoms with Gasteiger partial charge in [0.2, 0.25) is 0 Å². The molecule has 2 aromatic rings. The third kappa shape index (κ3) is 6.75. The molecule has 2 heterocycles. The first-order valence-corrected chi connectivity index (χ1v) is 9.54. The average Bonchev–Trinajstić information content (AvgIpc) is 3.10. The van der Waals surface area contributed by atoms with Crippen molar-refractivity contribution in [2.24, 2.45) is 12.0 Å². The van der Waals surface area contributed by atoms with Crippen LogP contribution in [0.2, 0.25) is 0 Å². The van der Waals surface area contributed by atoms with Crippen LogP contribution in [0.4, 0.5) is 0 Å². The fraction of sp³-hybridized carbons (Fsp3) is 0.500. The number of hydrogen-bond acceptors (Lipinski definition) is 4. The zero-order chi connectivity index (χ0) is 19.1. The third-order valence-corrected chi connectivity index (χ3v) is 5.07. The zero-order valence-electron chi connectivity index (χ0n) is 17.1. The number of halogens is 1. The van der Waals surface area contributed by atoms with E-state index in [9.17, 15) is 0 Å². The van der Waals surface area contributed by atoms with Crippen molar-refractivity contribution in [2.45, 2.75) is 19.6 Å². The highest BCUT2D eigenvalue weighted by atomic mass is 127. The minimum atomic E-state index is 0. The quantitative estimate of drug-likeness (QED) is 0.361. The molecule has 1 aliphatic rings. The van der Waals surface area contributed by atoms with Crippen molar-refractivity contribution in [3.63, 3.8) is 0 Å². The number of likely N-dealkylation sites (N-methyl/N-ethyl adjacent to an activating group) is 1. The highest BCUT2D eigenvalue weighted by Crippen LogP contribution is 2.09. The van der Waals surface area contributed by atoms with E-state index in [0.29, 0.717) is 6.54 Å². The van der Waals surface area contributed by atoms with Gasteiger partial charge in [-0.2, -0.15) is 5.10 Å². The highest BCUT2D eigenvalue weighted by Gasteiger charge is 2.13. The largest absolute Gasteiger partial charge is 0.352 e. The molecule has 2 N–H and O–H groups in total. The summed E-state index contributed by atoms with van der Waals surface area (Å²) in [5, 5.41) is 10.9. The van der Waals surface area contributed by atoms with Gasteiger partial charge in [-0.25, -0.2) is 0 Å². The first-order valence-electron chi connectivity index (χ1n) is 9.54. The van der Waals surface area contributed by atoms with Gasteiger partial charge in [0.05, 0.1) is 12.2 Å². The van der Waals surface area contributed by atoms with Crippen LogP contribution < -0.4 is 10.6 Å². The Bertz CT molecular complexity index is 733. The van der Waals surface area contributed by atoms with Gasteiger partial charge in [0.15, 0.2) is 5.96 Å². The predicted octanol–water partition coefficient (Wildman–Crippen LogP) is 1.65. The van der Waals surface area contributed by atoms with E-state index in [1.54, 1.807) is 13.2 Å². The van der Waals surface area contributed by atoms with Gasteiger partial charge in [-0.15, -0.1) is 24.0 Å². The number of benzene rings is 1. The van der Waals surface area contributed by atoms with Gasteiger partial charge in [-0.1, -0.05) is 24.3 Å². The Morgan fingerprint density at radius 1 is 0.964 bits per heavy atom. The van der Waals surface area contributed by atoms with Gasteiger partial charge in [0, 0.05) is 59.6 Å². The molecule has 3 rings (SSSR count). The zero-order valence-corrected chi connectivity index (χ0v) is 19.4. The molecule has 0 bridgehead atoms. The standard InChI is InChI=1S/C20H31N7.HI/c1-21-20(23-15-19-8-9-24-26(19)3)22-14-17-4-6-18(7-5-17)16-27-12-10-25(2)11-13-27;/h4-9H,10-16H2,1-3H3,(H2,21,22,23);1H. The van der Waals surface area contributed by atoms with Crippen LogP contribution in [0, 0.1) is 0 Å². The van der Waals surface area contributed by atoms with E-state index in [1.807, 2.05) is 17.8 Å². The van der Waals surface area contributed by atoms with E-state index in [0.717, 1.165) is 50.9 Å². The molecule has 8 heteroatoms. The van der Waals surface area contributed by atoms with Crippen LogP contribution in [-0.4, -0.2) is 65.8 Å². The summed E-state index contributed by atoms with van der Waals surface area (Å²) in [6.45, 7) is 7.10. The Morgan fingerprint density at radius 3 is 2.21 bits per heavy atom. The molecule has 0 unspecified atom stereocenters. The van der Waals surface area contributed by atoms with Crippen LogP contribution in [0.1, 0.15) is 16.8 Å². The molecule has 1 aliphatic heterocycles. The molecule has 1 aromatic carbocycles. The van der Waals surface area contributed by atoms with E-state index in [2.05, 4.69) is 61.8 Å². The van der Waals surface area contributed by atoms with E-state index < -0.39 is 0 Å². The van der Waals surface area contributed by atoms with Gasteiger partial charge in [-0.05, 0) is 24.2 Å². The maximum Gasteiger partial charge on any atom is 0.191 e. The van der Waals surface area contributed by atoms with Crippen LogP contribution in [0.3, 0.4) is 0 Å². The topological polar surface area (TPSA) is 60.7 Å². The first kappa shape index (κ1) is 22.6. The van der Waals surface area contributed by atoms with Gasteiger partial charge in [0.1, 0.15) is 0 Å². The molecule has 1 saturated heterocycles. The van der Waals surface area contributed by atoms with Crippen LogP contribution in [0.5, 0.6) is 0 Å². The number of aliphatic imine (C=N–C) groups is 1. The van der Waals surface area contributed by atoms with Crippen molar-refractivity contribution in [1.29, 1.82) is 0 Å². The van der Waals surface area contributed by atoms with Crippen LogP contribution in [-0.2, 0) is 26.7 Å². The lowest BCUT2D eigenvalue weighted by Crippen LogP contribution is -2.43. The molecule has 0 aliphatic carbocycles. The Balaban J connectivity index is 0.00000280. The molecule has 1 aromatic heterocycles. The van der Waals surface area contributed by atoms with Gasteiger partial charge < -0.3 is 15.5 Å². The Morgan fingerprint density at radius 2 is 1.61 bits per heavy atom. The maximum atomic E-state index is 4.29. The lowest BCUT2D eigenvalue weighted by atomic mass is 10.1. The van der Waals surface area contributed by atoms with Crippen molar-refractivity contribution < 1.29 is 0 Å². The second-order valence-corrected chi connectivity index (χ2v) is 7.12. The molecule has 0 amide bonds. The molecule has 0 spiro atoms. The van der Waals surface area contributed by atoms with Crippen LogP contribution >= 0.6 is 24.0 Å². The molecule has 154 valence electrons. The molecule has 1 fully saturated rings. The Labute approximate surface area is 185 Å². The molecule has 28 heavy (non-hydrogen) atoms. The highest BCUT2D eigenvalue weighted by molar-refractivity contribution is 14.0. The SMILES string of the molecule is CN=C(NCc1ccc(CN2CCN(C)CC2)cc1)NCc1ccnn1C.I. The Hall–Kier alpha value is -1.65. The third-order valence-electron chi connectivity index (χ3n) is 5.07. The summed E-state index contributed by atoms with van der Waals surface area (Å²) in [5.74, 6) is 0.790. The summed E-state index contributed by atoms with van der Waals surface area (Å²) in [5.41, 5.74) is 3.74. The average molecular weight is 497 g/mol. The first-order chi connectivity index (χ1) is 13.1. The number of hydrogen-bond donors (Lipinski definition) is 2. The van der Waals surface area contributed by atoms with Crippen molar-refractivity contribution in [3.8, 4) is 0 Å². The minimum absolute atomic E-state index is 0. The lowest BCUT2D eigenvalue weighted by molar-refractivity contribution is 0.148. The van der Waals surface area contributed by atoms with Crippen molar-refractivity contribution in [1.82, 2.24) is 30.2 Å². The van der Waals surface area contributed by atoms with Crippen molar-refractivity contribution in [2.75, 3.05) is 40.3 Å². The summed E-state index contributed by atoms with van der Waals surface area (Å²) in [6.07, 6.45) is 1.80. The molecule has 0 saturated carbocycles. The lowest BCUT2D eigenvalue weighted by Gasteiger charge is -2.32. The van der Waals surface area contributed by atoms with Crippen molar-refractivity contribution in [3.05, 3.63) is 53.3 Å². The number of nitrogens with one attached hydrogen (secondary N) is 2. The van der Waals surface area contributed by atoms with Crippen molar-refractivity contribution >= 4 is 29.9 Å². The molecule has 7 nitrogen and oxygen atoms in total. The summed E-state index contributed by atoms with van der Waals surface area (Å²) in [4.78, 5) is 9.20. The number of guanidine groups is 1. The van der Waals surface area contributed by atoms with Crippen LogP contribution in [0.15, 0.2) is 41.5 Å². The monoisotopic (exact) mass is 497 g/mol. The summed E-state index contributed by atoms with van der Waals surface area (Å²) < 4.78 is 1.86. The fourth-order valence-electron chi connectivity index (χ4n) is 3.18.